The van der Waals surface area contributed by atoms with Gasteiger partial charge < -0.3 is 18.8 Å². The number of carbonyl (C=O) groups is 1. The molecule has 0 unspecified atom stereocenters. The maximum atomic E-state index is 13.4. The Morgan fingerprint density at radius 1 is 1.00 bits per heavy atom. The SMILES string of the molecule is COCCn1c(=O)c2c(ncn2Cc2ccc(C(=O)OC)cc2)n(-c2ccccc2OC)c1=O. The van der Waals surface area contributed by atoms with Gasteiger partial charge >= 0.3 is 11.7 Å². The summed E-state index contributed by atoms with van der Waals surface area (Å²) in [6, 6.07) is 13.9. The molecule has 0 aliphatic carbocycles. The first-order valence-electron chi connectivity index (χ1n) is 10.5. The summed E-state index contributed by atoms with van der Waals surface area (Å²) < 4.78 is 19.5. The van der Waals surface area contributed by atoms with Crippen LogP contribution in [0.3, 0.4) is 0 Å². The number of rotatable bonds is 8. The molecular formula is C24H24N4O6. The normalized spacial score (nSPS) is 11.0. The summed E-state index contributed by atoms with van der Waals surface area (Å²) in [5.41, 5.74) is 1.22. The topological polar surface area (TPSA) is 107 Å². The summed E-state index contributed by atoms with van der Waals surface area (Å²) in [6.07, 6.45) is 1.52. The van der Waals surface area contributed by atoms with E-state index in [9.17, 15) is 14.4 Å². The van der Waals surface area contributed by atoms with E-state index in [1.807, 2.05) is 0 Å². The van der Waals surface area contributed by atoms with Crippen molar-refractivity contribution >= 4 is 17.1 Å². The van der Waals surface area contributed by atoms with E-state index < -0.39 is 17.2 Å². The Balaban J connectivity index is 1.90. The second-order valence-electron chi connectivity index (χ2n) is 7.47. The first-order valence-corrected chi connectivity index (χ1v) is 10.5. The minimum atomic E-state index is -0.535. The average Bonchev–Trinajstić information content (AvgIpc) is 3.27. The molecule has 10 nitrogen and oxygen atoms in total. The number of nitrogens with zero attached hydrogens (tertiary/aromatic N) is 4. The molecule has 0 radical (unpaired) electrons. The monoisotopic (exact) mass is 464 g/mol. The summed E-state index contributed by atoms with van der Waals surface area (Å²) in [6.45, 7) is 0.579. The molecule has 0 saturated carbocycles. The van der Waals surface area contributed by atoms with Crippen molar-refractivity contribution in [2.24, 2.45) is 0 Å². The minimum absolute atomic E-state index is 0.0816. The van der Waals surface area contributed by atoms with Gasteiger partial charge in [0.1, 0.15) is 5.75 Å². The van der Waals surface area contributed by atoms with Crippen LogP contribution in [0.25, 0.3) is 16.9 Å². The minimum Gasteiger partial charge on any atom is -0.495 e. The van der Waals surface area contributed by atoms with Crippen LogP contribution in [0.15, 0.2) is 64.4 Å². The highest BCUT2D eigenvalue weighted by molar-refractivity contribution is 5.89. The third kappa shape index (κ3) is 4.11. The quantitative estimate of drug-likeness (QED) is 0.366. The molecule has 0 aliphatic rings. The summed E-state index contributed by atoms with van der Waals surface area (Å²) >= 11 is 0. The third-order valence-electron chi connectivity index (χ3n) is 5.47. The first-order chi connectivity index (χ1) is 16.5. The van der Waals surface area contributed by atoms with Crippen LogP contribution in [0.5, 0.6) is 5.75 Å². The predicted molar refractivity (Wildman–Crippen MR) is 125 cm³/mol. The molecule has 0 fully saturated rings. The van der Waals surface area contributed by atoms with Crippen LogP contribution in [0, 0.1) is 0 Å². The van der Waals surface area contributed by atoms with Gasteiger partial charge in [-0.2, -0.15) is 0 Å². The van der Waals surface area contributed by atoms with Crippen LogP contribution in [0.4, 0.5) is 0 Å². The van der Waals surface area contributed by atoms with Gasteiger partial charge in [0.25, 0.3) is 5.56 Å². The number of carbonyl (C=O) groups excluding carboxylic acids is 1. The van der Waals surface area contributed by atoms with Crippen LogP contribution in [-0.2, 0) is 22.6 Å². The fourth-order valence-corrected chi connectivity index (χ4v) is 3.77. The van der Waals surface area contributed by atoms with Crippen LogP contribution in [-0.4, -0.2) is 52.6 Å². The van der Waals surface area contributed by atoms with Gasteiger partial charge in [0.15, 0.2) is 11.2 Å². The molecule has 34 heavy (non-hydrogen) atoms. The molecule has 0 saturated heterocycles. The van der Waals surface area contributed by atoms with E-state index in [1.54, 1.807) is 53.1 Å². The lowest BCUT2D eigenvalue weighted by Crippen LogP contribution is -2.41. The Bertz CT molecular complexity index is 1450. The Kier molecular flexibility index (Phi) is 6.60. The molecule has 4 rings (SSSR count). The number of para-hydroxylation sites is 2. The van der Waals surface area contributed by atoms with E-state index in [0.29, 0.717) is 23.5 Å². The number of imidazole rings is 1. The highest BCUT2D eigenvalue weighted by atomic mass is 16.5. The van der Waals surface area contributed by atoms with Gasteiger partial charge in [0.2, 0.25) is 0 Å². The Morgan fingerprint density at radius 2 is 1.74 bits per heavy atom. The molecule has 0 spiro atoms. The highest BCUT2D eigenvalue weighted by Gasteiger charge is 2.21. The van der Waals surface area contributed by atoms with Crippen LogP contribution in [0.2, 0.25) is 0 Å². The van der Waals surface area contributed by atoms with Gasteiger partial charge in [0.05, 0.1) is 44.9 Å². The van der Waals surface area contributed by atoms with Gasteiger partial charge in [0, 0.05) is 13.7 Å². The molecule has 0 atom stereocenters. The van der Waals surface area contributed by atoms with Crippen molar-refractivity contribution < 1.29 is 19.0 Å². The first kappa shape index (κ1) is 23.0. The molecule has 0 amide bonds. The lowest BCUT2D eigenvalue weighted by Gasteiger charge is -2.14. The fourth-order valence-electron chi connectivity index (χ4n) is 3.77. The summed E-state index contributed by atoms with van der Waals surface area (Å²) in [7, 11) is 4.34. The zero-order valence-corrected chi connectivity index (χ0v) is 19.1. The van der Waals surface area contributed by atoms with E-state index in [0.717, 1.165) is 10.1 Å². The second kappa shape index (κ2) is 9.75. The second-order valence-corrected chi connectivity index (χ2v) is 7.47. The number of esters is 1. The molecule has 10 heteroatoms. The number of aromatic nitrogens is 4. The maximum absolute atomic E-state index is 13.4. The predicted octanol–water partition coefficient (Wildman–Crippen LogP) is 1.84. The smallest absolute Gasteiger partial charge is 0.337 e. The summed E-state index contributed by atoms with van der Waals surface area (Å²) in [4.78, 5) is 42.9. The van der Waals surface area contributed by atoms with Gasteiger partial charge in [-0.25, -0.2) is 19.1 Å². The van der Waals surface area contributed by atoms with Crippen molar-refractivity contribution in [1.29, 1.82) is 0 Å². The fraction of sp³-hybridized carbons (Fsp3) is 0.250. The van der Waals surface area contributed by atoms with E-state index in [2.05, 4.69) is 4.98 Å². The zero-order chi connectivity index (χ0) is 24.2. The van der Waals surface area contributed by atoms with E-state index in [4.69, 9.17) is 14.2 Å². The molecular weight excluding hydrogens is 440 g/mol. The number of methoxy groups -OCH3 is 3. The zero-order valence-electron chi connectivity index (χ0n) is 19.1. The number of hydrogen-bond acceptors (Lipinski definition) is 7. The Labute approximate surface area is 194 Å². The number of benzene rings is 2. The Hall–Kier alpha value is -4.18. The van der Waals surface area contributed by atoms with E-state index >= 15 is 0 Å². The molecule has 0 N–H and O–H groups in total. The van der Waals surface area contributed by atoms with Crippen molar-refractivity contribution in [3.05, 3.63) is 86.8 Å². The van der Waals surface area contributed by atoms with Crippen molar-refractivity contribution in [3.63, 3.8) is 0 Å². The summed E-state index contributed by atoms with van der Waals surface area (Å²) in [5, 5.41) is 0. The van der Waals surface area contributed by atoms with E-state index in [-0.39, 0.29) is 24.3 Å². The lowest BCUT2D eigenvalue weighted by atomic mass is 10.1. The molecule has 2 heterocycles. The average molecular weight is 464 g/mol. The third-order valence-corrected chi connectivity index (χ3v) is 5.47. The molecule has 2 aromatic carbocycles. The Morgan fingerprint density at radius 3 is 2.41 bits per heavy atom. The molecule has 0 bridgehead atoms. The van der Waals surface area contributed by atoms with Gasteiger partial charge in [-0.05, 0) is 29.8 Å². The van der Waals surface area contributed by atoms with Gasteiger partial charge in [-0.3, -0.25) is 9.36 Å². The van der Waals surface area contributed by atoms with Crippen molar-refractivity contribution in [2.75, 3.05) is 27.9 Å². The van der Waals surface area contributed by atoms with E-state index in [1.165, 1.54) is 32.2 Å². The molecule has 176 valence electrons. The van der Waals surface area contributed by atoms with Crippen LogP contribution in [0.1, 0.15) is 15.9 Å². The van der Waals surface area contributed by atoms with Gasteiger partial charge in [-0.15, -0.1) is 0 Å². The van der Waals surface area contributed by atoms with Crippen molar-refractivity contribution in [3.8, 4) is 11.4 Å². The molecule has 0 aliphatic heterocycles. The van der Waals surface area contributed by atoms with Crippen LogP contribution < -0.4 is 16.0 Å². The largest absolute Gasteiger partial charge is 0.495 e. The number of ether oxygens (including phenoxy) is 3. The summed E-state index contributed by atoms with van der Waals surface area (Å²) in [5.74, 6) is 0.0391. The molecule has 2 aromatic heterocycles. The highest BCUT2D eigenvalue weighted by Crippen LogP contribution is 2.23. The van der Waals surface area contributed by atoms with Crippen molar-refractivity contribution in [1.82, 2.24) is 18.7 Å². The number of hydrogen-bond donors (Lipinski definition) is 0. The number of fused-ring (bicyclic) bond motifs is 1. The maximum Gasteiger partial charge on any atom is 0.337 e. The lowest BCUT2D eigenvalue weighted by molar-refractivity contribution is 0.0600. The molecule has 4 aromatic rings. The standard InChI is InChI=1S/C24H24N4O6/c1-32-13-12-27-22(29)20-21(28(24(27)31)18-6-4-5-7-19(18)33-2)25-15-26(20)14-16-8-10-17(11-9-16)23(30)34-3/h4-11,15H,12-14H2,1-3H3. The van der Waals surface area contributed by atoms with Crippen LogP contribution >= 0.6 is 0 Å². The van der Waals surface area contributed by atoms with Gasteiger partial charge in [-0.1, -0.05) is 24.3 Å². The van der Waals surface area contributed by atoms with Crippen molar-refractivity contribution in [2.45, 2.75) is 13.1 Å².